The average molecular weight is 483 g/mol. The third-order valence-corrected chi connectivity index (χ3v) is 6.99. The number of hydrogen-bond acceptors (Lipinski definition) is 5. The zero-order chi connectivity index (χ0) is 24.9. The van der Waals surface area contributed by atoms with Crippen molar-refractivity contribution in [2.24, 2.45) is 0 Å². The second-order valence-electron chi connectivity index (χ2n) is 9.58. The van der Waals surface area contributed by atoms with E-state index >= 15 is 0 Å². The summed E-state index contributed by atoms with van der Waals surface area (Å²) in [5.74, 6) is 2.27. The topological polar surface area (TPSA) is 67.2 Å². The molecule has 36 heavy (non-hydrogen) atoms. The SMILES string of the molecule is CCCC(C)c1nc(N2CCN(C(=O)CCc3ccccc3)CC2)c2cnn(-c3ccccc3)c2n1. The number of carbonyl (C=O) groups is 1. The van der Waals surface area contributed by atoms with Crippen LogP contribution in [0.3, 0.4) is 0 Å². The number of carbonyl (C=O) groups excluding carboxylic acids is 1. The maximum absolute atomic E-state index is 12.9. The summed E-state index contributed by atoms with van der Waals surface area (Å²) in [6.07, 6.45) is 5.32. The molecule has 7 heteroatoms. The van der Waals surface area contributed by atoms with Crippen LogP contribution >= 0.6 is 0 Å². The molecular formula is C29H34N6O. The van der Waals surface area contributed by atoms with Crippen LogP contribution in [0.25, 0.3) is 16.7 Å². The number of nitrogens with zero attached hydrogens (tertiary/aromatic N) is 6. The Bertz CT molecular complexity index is 1300. The average Bonchev–Trinajstić information content (AvgIpc) is 3.37. The van der Waals surface area contributed by atoms with Crippen LogP contribution in [0.15, 0.2) is 66.9 Å². The zero-order valence-corrected chi connectivity index (χ0v) is 21.2. The van der Waals surface area contributed by atoms with Gasteiger partial charge in [0.1, 0.15) is 11.6 Å². The van der Waals surface area contributed by atoms with Crippen molar-refractivity contribution in [1.82, 2.24) is 24.6 Å². The summed E-state index contributed by atoms with van der Waals surface area (Å²) >= 11 is 0. The van der Waals surface area contributed by atoms with Crippen LogP contribution in [-0.4, -0.2) is 56.7 Å². The van der Waals surface area contributed by atoms with Crippen LogP contribution in [0, 0.1) is 0 Å². The Morgan fingerprint density at radius 2 is 1.64 bits per heavy atom. The fourth-order valence-electron chi connectivity index (χ4n) is 4.91. The van der Waals surface area contributed by atoms with E-state index in [0.717, 1.165) is 60.7 Å². The van der Waals surface area contributed by atoms with E-state index in [4.69, 9.17) is 9.97 Å². The van der Waals surface area contributed by atoms with E-state index in [1.807, 2.05) is 64.3 Å². The maximum atomic E-state index is 12.9. The van der Waals surface area contributed by atoms with E-state index in [9.17, 15) is 4.79 Å². The number of fused-ring (bicyclic) bond motifs is 1. The summed E-state index contributed by atoms with van der Waals surface area (Å²) in [6, 6.07) is 20.3. The molecule has 1 aliphatic rings. The minimum absolute atomic E-state index is 0.223. The lowest BCUT2D eigenvalue weighted by Gasteiger charge is -2.36. The molecule has 1 saturated heterocycles. The third kappa shape index (κ3) is 5.10. The van der Waals surface area contributed by atoms with Gasteiger partial charge in [0, 0.05) is 38.5 Å². The molecule has 0 aliphatic carbocycles. The van der Waals surface area contributed by atoms with Crippen molar-refractivity contribution in [3.63, 3.8) is 0 Å². The van der Waals surface area contributed by atoms with Gasteiger partial charge in [0.2, 0.25) is 5.91 Å². The molecule has 7 nitrogen and oxygen atoms in total. The van der Waals surface area contributed by atoms with Gasteiger partial charge in [-0.3, -0.25) is 4.79 Å². The lowest BCUT2D eigenvalue weighted by atomic mass is 10.1. The number of benzene rings is 2. The number of aromatic nitrogens is 4. The van der Waals surface area contributed by atoms with Crippen LogP contribution in [0.2, 0.25) is 0 Å². The summed E-state index contributed by atoms with van der Waals surface area (Å²) in [5.41, 5.74) is 3.03. The Labute approximate surface area is 212 Å². The predicted molar refractivity (Wildman–Crippen MR) is 144 cm³/mol. The molecule has 0 spiro atoms. The van der Waals surface area contributed by atoms with Crippen LogP contribution in [0.4, 0.5) is 5.82 Å². The third-order valence-electron chi connectivity index (χ3n) is 6.99. The Kier molecular flexibility index (Phi) is 7.26. The molecule has 2 aromatic heterocycles. The van der Waals surface area contributed by atoms with Crippen molar-refractivity contribution in [3.05, 3.63) is 78.2 Å². The summed E-state index contributed by atoms with van der Waals surface area (Å²) in [7, 11) is 0. The van der Waals surface area contributed by atoms with E-state index in [-0.39, 0.29) is 11.8 Å². The zero-order valence-electron chi connectivity index (χ0n) is 21.2. The molecule has 1 amide bonds. The van der Waals surface area contributed by atoms with Crippen LogP contribution in [-0.2, 0) is 11.2 Å². The Morgan fingerprint density at radius 1 is 0.944 bits per heavy atom. The van der Waals surface area contributed by atoms with Crippen molar-refractivity contribution in [2.75, 3.05) is 31.1 Å². The quantitative estimate of drug-likeness (QED) is 0.354. The normalized spacial score (nSPS) is 14.8. The number of anilines is 1. The minimum atomic E-state index is 0.223. The number of hydrogen-bond donors (Lipinski definition) is 0. The molecule has 1 unspecified atom stereocenters. The van der Waals surface area contributed by atoms with E-state index in [1.54, 1.807) is 0 Å². The summed E-state index contributed by atoms with van der Waals surface area (Å²) in [5, 5.41) is 5.64. The highest BCUT2D eigenvalue weighted by Crippen LogP contribution is 2.29. The lowest BCUT2D eigenvalue weighted by Crippen LogP contribution is -2.49. The second-order valence-corrected chi connectivity index (χ2v) is 9.58. The smallest absolute Gasteiger partial charge is 0.223 e. The van der Waals surface area contributed by atoms with Crippen LogP contribution in [0.1, 0.15) is 50.4 Å². The highest BCUT2D eigenvalue weighted by Gasteiger charge is 2.26. The van der Waals surface area contributed by atoms with Gasteiger partial charge in [0.15, 0.2) is 5.65 Å². The fourth-order valence-corrected chi connectivity index (χ4v) is 4.91. The Morgan fingerprint density at radius 3 is 2.33 bits per heavy atom. The summed E-state index contributed by atoms with van der Waals surface area (Å²) < 4.78 is 1.91. The first kappa shape index (κ1) is 24.0. The molecule has 3 heterocycles. The van der Waals surface area contributed by atoms with E-state index in [1.165, 1.54) is 5.56 Å². The molecule has 1 atom stereocenters. The molecule has 186 valence electrons. The molecule has 2 aromatic carbocycles. The minimum Gasteiger partial charge on any atom is -0.352 e. The predicted octanol–water partition coefficient (Wildman–Crippen LogP) is 5.00. The number of aryl methyl sites for hydroxylation is 1. The van der Waals surface area contributed by atoms with E-state index in [0.29, 0.717) is 19.5 Å². The molecular weight excluding hydrogens is 448 g/mol. The molecule has 4 aromatic rings. The molecule has 5 rings (SSSR count). The van der Waals surface area contributed by atoms with E-state index in [2.05, 4.69) is 36.0 Å². The van der Waals surface area contributed by atoms with Gasteiger partial charge in [-0.1, -0.05) is 68.8 Å². The highest BCUT2D eigenvalue weighted by molar-refractivity contribution is 5.88. The number of para-hydroxylation sites is 1. The van der Waals surface area contributed by atoms with Crippen molar-refractivity contribution >= 4 is 22.8 Å². The van der Waals surface area contributed by atoms with Crippen molar-refractivity contribution in [1.29, 1.82) is 0 Å². The lowest BCUT2D eigenvalue weighted by molar-refractivity contribution is -0.131. The first-order valence-electron chi connectivity index (χ1n) is 13.0. The van der Waals surface area contributed by atoms with Gasteiger partial charge in [0.05, 0.1) is 17.3 Å². The van der Waals surface area contributed by atoms with Crippen molar-refractivity contribution < 1.29 is 4.79 Å². The largest absolute Gasteiger partial charge is 0.352 e. The molecule has 0 saturated carbocycles. The second kappa shape index (κ2) is 10.9. The van der Waals surface area contributed by atoms with Gasteiger partial charge in [-0.2, -0.15) is 5.10 Å². The van der Waals surface area contributed by atoms with Crippen LogP contribution < -0.4 is 4.90 Å². The number of piperazine rings is 1. The number of amides is 1. The summed E-state index contributed by atoms with van der Waals surface area (Å²) in [4.78, 5) is 27.2. The molecule has 0 N–H and O–H groups in total. The van der Waals surface area contributed by atoms with Gasteiger partial charge >= 0.3 is 0 Å². The monoisotopic (exact) mass is 482 g/mol. The number of rotatable bonds is 8. The molecule has 1 aliphatic heterocycles. The first-order valence-corrected chi connectivity index (χ1v) is 13.0. The first-order chi connectivity index (χ1) is 17.6. The van der Waals surface area contributed by atoms with Gasteiger partial charge in [-0.15, -0.1) is 0 Å². The van der Waals surface area contributed by atoms with Crippen molar-refractivity contribution in [3.8, 4) is 5.69 Å². The highest BCUT2D eigenvalue weighted by atomic mass is 16.2. The molecule has 0 radical (unpaired) electrons. The van der Waals surface area contributed by atoms with Crippen molar-refractivity contribution in [2.45, 2.75) is 45.4 Å². The molecule has 1 fully saturated rings. The fraction of sp³-hybridized carbons (Fsp3) is 0.379. The van der Waals surface area contributed by atoms with Gasteiger partial charge in [-0.05, 0) is 30.5 Å². The van der Waals surface area contributed by atoms with Gasteiger partial charge < -0.3 is 9.80 Å². The van der Waals surface area contributed by atoms with E-state index < -0.39 is 0 Å². The maximum Gasteiger partial charge on any atom is 0.223 e. The Hall–Kier alpha value is -3.74. The van der Waals surface area contributed by atoms with Gasteiger partial charge in [-0.25, -0.2) is 14.6 Å². The van der Waals surface area contributed by atoms with Gasteiger partial charge in [0.25, 0.3) is 0 Å². The van der Waals surface area contributed by atoms with Crippen LogP contribution in [0.5, 0.6) is 0 Å². The summed E-state index contributed by atoms with van der Waals surface area (Å²) in [6.45, 7) is 7.29. The molecule has 0 bridgehead atoms. The standard InChI is InChI=1S/C29H34N6O/c1-3-10-22(2)27-31-28(25-21-30-35(29(25)32-27)24-13-8-5-9-14-24)34-19-17-33(18-20-34)26(36)16-15-23-11-6-4-7-12-23/h4-9,11-14,21-22H,3,10,15-20H2,1-2H3. The Balaban J connectivity index is 1.36.